The highest BCUT2D eigenvalue weighted by molar-refractivity contribution is 4.77. The number of likely N-dealkylation sites (N-methyl/N-ethyl adjacent to an activating group) is 1. The molecule has 0 aromatic rings. The molecule has 2 heteroatoms. The van der Waals surface area contributed by atoms with Gasteiger partial charge < -0.3 is 5.32 Å². The van der Waals surface area contributed by atoms with Crippen LogP contribution in [0.5, 0.6) is 0 Å². The van der Waals surface area contributed by atoms with E-state index in [4.69, 9.17) is 0 Å². The lowest BCUT2D eigenvalue weighted by molar-refractivity contribution is 0.163. The Morgan fingerprint density at radius 1 is 0.929 bits per heavy atom. The first-order chi connectivity index (χ1) is 6.75. The Bertz CT molecular complexity index is 139. The molecule has 1 aliphatic rings. The molecule has 0 bridgehead atoms. The maximum Gasteiger partial charge on any atom is 0.0218 e. The van der Waals surface area contributed by atoms with Crippen LogP contribution < -0.4 is 5.32 Å². The van der Waals surface area contributed by atoms with Crippen LogP contribution in [0.25, 0.3) is 0 Å². The largest absolute Gasteiger partial charge is 0.316 e. The highest BCUT2D eigenvalue weighted by Crippen LogP contribution is 2.14. The van der Waals surface area contributed by atoms with E-state index >= 15 is 0 Å². The van der Waals surface area contributed by atoms with Gasteiger partial charge in [0, 0.05) is 12.1 Å². The van der Waals surface area contributed by atoms with Crippen molar-refractivity contribution in [1.82, 2.24) is 10.2 Å². The summed E-state index contributed by atoms with van der Waals surface area (Å²) in [6, 6.07) is 1.28. The molecule has 0 aromatic carbocycles. The standard InChI is InChI=1S/C12H26N2/c1-11(13-3)12(2)14-9-7-5-4-6-8-10-14/h11-13H,4-10H2,1-3H3. The Balaban J connectivity index is 2.38. The molecule has 1 rings (SSSR count). The van der Waals surface area contributed by atoms with Crippen LogP contribution >= 0.6 is 0 Å². The Morgan fingerprint density at radius 2 is 1.43 bits per heavy atom. The zero-order valence-electron chi connectivity index (χ0n) is 10.1. The van der Waals surface area contributed by atoms with Crippen molar-refractivity contribution >= 4 is 0 Å². The van der Waals surface area contributed by atoms with E-state index in [0.717, 1.165) is 0 Å². The minimum absolute atomic E-state index is 0.606. The third kappa shape index (κ3) is 3.58. The first kappa shape index (κ1) is 12.0. The molecule has 1 saturated heterocycles. The van der Waals surface area contributed by atoms with Gasteiger partial charge in [-0.2, -0.15) is 0 Å². The monoisotopic (exact) mass is 198 g/mol. The van der Waals surface area contributed by atoms with Gasteiger partial charge >= 0.3 is 0 Å². The van der Waals surface area contributed by atoms with Gasteiger partial charge in [-0.25, -0.2) is 0 Å². The summed E-state index contributed by atoms with van der Waals surface area (Å²) in [5, 5.41) is 3.36. The van der Waals surface area contributed by atoms with Gasteiger partial charge in [0.1, 0.15) is 0 Å². The van der Waals surface area contributed by atoms with E-state index in [1.807, 2.05) is 0 Å². The van der Waals surface area contributed by atoms with Crippen molar-refractivity contribution in [1.29, 1.82) is 0 Å². The number of hydrogen-bond donors (Lipinski definition) is 1. The van der Waals surface area contributed by atoms with Crippen LogP contribution in [0, 0.1) is 0 Å². The Labute approximate surface area is 89.1 Å². The zero-order chi connectivity index (χ0) is 10.4. The first-order valence-electron chi connectivity index (χ1n) is 6.17. The molecule has 2 atom stereocenters. The first-order valence-corrected chi connectivity index (χ1v) is 6.17. The summed E-state index contributed by atoms with van der Waals surface area (Å²) < 4.78 is 0. The topological polar surface area (TPSA) is 15.3 Å². The molecule has 0 aliphatic carbocycles. The van der Waals surface area contributed by atoms with Gasteiger partial charge in [-0.3, -0.25) is 4.90 Å². The van der Waals surface area contributed by atoms with Gasteiger partial charge in [-0.05, 0) is 46.8 Å². The van der Waals surface area contributed by atoms with Crippen LogP contribution in [0.15, 0.2) is 0 Å². The zero-order valence-corrected chi connectivity index (χ0v) is 10.1. The van der Waals surface area contributed by atoms with Crippen LogP contribution in [-0.2, 0) is 0 Å². The van der Waals surface area contributed by atoms with Crippen LogP contribution in [-0.4, -0.2) is 37.1 Å². The second kappa shape index (κ2) is 6.41. The SMILES string of the molecule is CNC(C)C(C)N1CCCCCCC1. The molecule has 1 fully saturated rings. The molecular weight excluding hydrogens is 172 g/mol. The number of nitrogens with zero attached hydrogens (tertiary/aromatic N) is 1. The van der Waals surface area contributed by atoms with Crippen LogP contribution in [0.3, 0.4) is 0 Å². The molecule has 0 saturated carbocycles. The lowest BCUT2D eigenvalue weighted by Gasteiger charge is -2.34. The van der Waals surface area contributed by atoms with E-state index in [2.05, 4.69) is 31.1 Å². The fraction of sp³-hybridized carbons (Fsp3) is 1.00. The van der Waals surface area contributed by atoms with E-state index in [1.54, 1.807) is 0 Å². The molecule has 0 aromatic heterocycles. The summed E-state index contributed by atoms with van der Waals surface area (Å²) in [6.07, 6.45) is 7.08. The molecule has 0 radical (unpaired) electrons. The van der Waals surface area contributed by atoms with Gasteiger partial charge in [-0.1, -0.05) is 19.3 Å². The Hall–Kier alpha value is -0.0800. The number of likely N-dealkylation sites (tertiary alicyclic amines) is 1. The lowest BCUT2D eigenvalue weighted by Crippen LogP contribution is -2.46. The van der Waals surface area contributed by atoms with Gasteiger partial charge in [0.2, 0.25) is 0 Å². The number of hydrogen-bond acceptors (Lipinski definition) is 2. The third-order valence-corrected chi connectivity index (χ3v) is 3.65. The second-order valence-corrected chi connectivity index (χ2v) is 4.62. The minimum Gasteiger partial charge on any atom is -0.316 e. The summed E-state index contributed by atoms with van der Waals surface area (Å²) in [6.45, 7) is 7.23. The molecule has 1 N–H and O–H groups in total. The minimum atomic E-state index is 0.606. The summed E-state index contributed by atoms with van der Waals surface area (Å²) in [7, 11) is 2.06. The van der Waals surface area contributed by atoms with Crippen molar-refractivity contribution in [2.24, 2.45) is 0 Å². The maximum atomic E-state index is 3.36. The van der Waals surface area contributed by atoms with E-state index < -0.39 is 0 Å². The van der Waals surface area contributed by atoms with Crippen molar-refractivity contribution in [3.8, 4) is 0 Å². The maximum absolute atomic E-state index is 3.36. The number of nitrogens with one attached hydrogen (secondary N) is 1. The van der Waals surface area contributed by atoms with Crippen molar-refractivity contribution in [3.05, 3.63) is 0 Å². The molecule has 2 unspecified atom stereocenters. The lowest BCUT2D eigenvalue weighted by atomic mass is 10.0. The summed E-state index contributed by atoms with van der Waals surface area (Å²) in [5.74, 6) is 0. The third-order valence-electron chi connectivity index (χ3n) is 3.65. The van der Waals surface area contributed by atoms with Crippen molar-refractivity contribution in [2.75, 3.05) is 20.1 Å². The fourth-order valence-electron chi connectivity index (χ4n) is 2.24. The normalized spacial score (nSPS) is 25.1. The summed E-state index contributed by atoms with van der Waals surface area (Å²) in [5.41, 5.74) is 0. The van der Waals surface area contributed by atoms with E-state index in [0.29, 0.717) is 12.1 Å². The molecule has 0 spiro atoms. The van der Waals surface area contributed by atoms with Crippen LogP contribution in [0.2, 0.25) is 0 Å². The van der Waals surface area contributed by atoms with Gasteiger partial charge in [0.15, 0.2) is 0 Å². The van der Waals surface area contributed by atoms with E-state index in [1.165, 1.54) is 45.2 Å². The van der Waals surface area contributed by atoms with Crippen molar-refractivity contribution in [2.45, 2.75) is 58.0 Å². The van der Waals surface area contributed by atoms with E-state index in [-0.39, 0.29) is 0 Å². The fourth-order valence-corrected chi connectivity index (χ4v) is 2.24. The molecule has 2 nitrogen and oxygen atoms in total. The predicted octanol–water partition coefficient (Wildman–Crippen LogP) is 2.25. The van der Waals surface area contributed by atoms with Crippen molar-refractivity contribution < 1.29 is 0 Å². The van der Waals surface area contributed by atoms with Gasteiger partial charge in [-0.15, -0.1) is 0 Å². The molecule has 1 heterocycles. The Morgan fingerprint density at radius 3 is 1.93 bits per heavy atom. The predicted molar refractivity (Wildman–Crippen MR) is 62.6 cm³/mol. The smallest absolute Gasteiger partial charge is 0.0218 e. The average Bonchev–Trinajstić information content (AvgIpc) is 2.15. The molecule has 1 aliphatic heterocycles. The molecule has 14 heavy (non-hydrogen) atoms. The summed E-state index contributed by atoms with van der Waals surface area (Å²) >= 11 is 0. The quantitative estimate of drug-likeness (QED) is 0.748. The highest BCUT2D eigenvalue weighted by Gasteiger charge is 2.18. The van der Waals surface area contributed by atoms with Crippen LogP contribution in [0.1, 0.15) is 46.0 Å². The van der Waals surface area contributed by atoms with Crippen molar-refractivity contribution in [3.63, 3.8) is 0 Å². The molecule has 0 amide bonds. The van der Waals surface area contributed by atoms with E-state index in [9.17, 15) is 0 Å². The average molecular weight is 198 g/mol. The Kier molecular flexibility index (Phi) is 5.49. The second-order valence-electron chi connectivity index (χ2n) is 4.62. The number of rotatable bonds is 3. The molecule has 84 valence electrons. The summed E-state index contributed by atoms with van der Waals surface area (Å²) in [4.78, 5) is 2.65. The molecular formula is C12H26N2. The van der Waals surface area contributed by atoms with Crippen LogP contribution in [0.4, 0.5) is 0 Å². The van der Waals surface area contributed by atoms with Gasteiger partial charge in [0.05, 0.1) is 0 Å². The van der Waals surface area contributed by atoms with Gasteiger partial charge in [0.25, 0.3) is 0 Å². The highest BCUT2D eigenvalue weighted by atomic mass is 15.2.